The van der Waals surface area contributed by atoms with Crippen LogP contribution in [0.25, 0.3) is 0 Å². The largest absolute Gasteiger partial charge is 0.351 e. The molecule has 0 spiro atoms. The maximum absolute atomic E-state index is 13.6. The van der Waals surface area contributed by atoms with Crippen LogP contribution in [0.5, 0.6) is 0 Å². The van der Waals surface area contributed by atoms with Crippen molar-refractivity contribution < 1.29 is 14.0 Å². The van der Waals surface area contributed by atoms with E-state index in [0.29, 0.717) is 6.04 Å². The normalized spacial score (nSPS) is 20.6. The average Bonchev–Trinajstić information content (AvgIpc) is 3.20. The van der Waals surface area contributed by atoms with Gasteiger partial charge < -0.3 is 15.1 Å². The first kappa shape index (κ1) is 19.8. The van der Waals surface area contributed by atoms with Crippen molar-refractivity contribution in [3.63, 3.8) is 0 Å². The summed E-state index contributed by atoms with van der Waals surface area (Å²) in [6.45, 7) is 4.48. The first-order valence-corrected chi connectivity index (χ1v) is 10.2. The zero-order valence-corrected chi connectivity index (χ0v) is 16.0. The van der Waals surface area contributed by atoms with Crippen LogP contribution in [-0.2, 0) is 4.79 Å². The summed E-state index contributed by atoms with van der Waals surface area (Å²) >= 11 is 0. The molecule has 2 fully saturated rings. The summed E-state index contributed by atoms with van der Waals surface area (Å²) in [4.78, 5) is 29.2. The van der Waals surface area contributed by atoms with E-state index in [1.807, 2.05) is 4.90 Å². The molecule has 2 heterocycles. The number of benzene rings is 1. The predicted molar refractivity (Wildman–Crippen MR) is 103 cm³/mol. The van der Waals surface area contributed by atoms with Crippen molar-refractivity contribution in [2.24, 2.45) is 0 Å². The SMILES string of the molecule is O=C(NCCC(=O)N1CCCCC1CCN1CCCC1)c1ccccc1F. The Morgan fingerprint density at radius 1 is 1.07 bits per heavy atom. The average molecular weight is 375 g/mol. The van der Waals surface area contributed by atoms with E-state index in [1.54, 1.807) is 12.1 Å². The number of nitrogens with zero attached hydrogens (tertiary/aromatic N) is 2. The summed E-state index contributed by atoms with van der Waals surface area (Å²) in [6.07, 6.45) is 7.17. The Morgan fingerprint density at radius 2 is 1.81 bits per heavy atom. The summed E-state index contributed by atoms with van der Waals surface area (Å²) < 4.78 is 13.6. The molecule has 2 aliphatic rings. The molecule has 1 aromatic rings. The first-order valence-electron chi connectivity index (χ1n) is 10.2. The Balaban J connectivity index is 1.45. The zero-order chi connectivity index (χ0) is 19.1. The van der Waals surface area contributed by atoms with Crippen LogP contribution in [0.2, 0.25) is 0 Å². The van der Waals surface area contributed by atoms with Gasteiger partial charge >= 0.3 is 0 Å². The number of hydrogen-bond acceptors (Lipinski definition) is 3. The number of carbonyl (C=O) groups is 2. The molecule has 0 saturated carbocycles. The molecule has 1 aromatic carbocycles. The molecule has 0 radical (unpaired) electrons. The molecule has 0 bridgehead atoms. The molecule has 148 valence electrons. The van der Waals surface area contributed by atoms with Gasteiger partial charge in [0.15, 0.2) is 0 Å². The number of rotatable bonds is 7. The lowest BCUT2D eigenvalue weighted by Crippen LogP contribution is -2.46. The Kier molecular flexibility index (Phi) is 7.21. The van der Waals surface area contributed by atoms with Gasteiger partial charge in [-0.2, -0.15) is 0 Å². The van der Waals surface area contributed by atoms with Crippen LogP contribution >= 0.6 is 0 Å². The van der Waals surface area contributed by atoms with Gasteiger partial charge in [0, 0.05) is 32.1 Å². The second-order valence-corrected chi connectivity index (χ2v) is 7.56. The van der Waals surface area contributed by atoms with Gasteiger partial charge in [-0.25, -0.2) is 4.39 Å². The summed E-state index contributed by atoms with van der Waals surface area (Å²) in [5.41, 5.74) is 0.0198. The lowest BCUT2D eigenvalue weighted by Gasteiger charge is -2.37. The minimum atomic E-state index is -0.542. The molecule has 5 nitrogen and oxygen atoms in total. The molecular weight excluding hydrogens is 345 g/mol. The third kappa shape index (κ3) is 5.51. The van der Waals surface area contributed by atoms with Gasteiger partial charge in [-0.15, -0.1) is 0 Å². The fourth-order valence-corrected chi connectivity index (χ4v) is 4.13. The van der Waals surface area contributed by atoms with Crippen LogP contribution in [0, 0.1) is 5.82 Å². The molecule has 27 heavy (non-hydrogen) atoms. The molecule has 2 saturated heterocycles. The Hall–Kier alpha value is -1.95. The minimum Gasteiger partial charge on any atom is -0.351 e. The van der Waals surface area contributed by atoms with Crippen molar-refractivity contribution in [3.05, 3.63) is 35.6 Å². The van der Waals surface area contributed by atoms with E-state index in [4.69, 9.17) is 0 Å². The molecule has 2 amide bonds. The highest BCUT2D eigenvalue weighted by atomic mass is 19.1. The minimum absolute atomic E-state index is 0.0198. The van der Waals surface area contributed by atoms with Crippen LogP contribution in [0.1, 0.15) is 55.3 Å². The molecule has 2 aliphatic heterocycles. The predicted octanol–water partition coefficient (Wildman–Crippen LogP) is 2.81. The Bertz CT molecular complexity index is 646. The zero-order valence-electron chi connectivity index (χ0n) is 16.0. The monoisotopic (exact) mass is 375 g/mol. The summed E-state index contributed by atoms with van der Waals surface area (Å²) in [6, 6.07) is 6.20. The number of hydrogen-bond donors (Lipinski definition) is 1. The van der Waals surface area contributed by atoms with Gasteiger partial charge in [-0.05, 0) is 63.7 Å². The molecule has 1 atom stereocenters. The van der Waals surface area contributed by atoms with Crippen molar-refractivity contribution in [1.29, 1.82) is 0 Å². The van der Waals surface area contributed by atoms with E-state index in [0.717, 1.165) is 32.4 Å². The number of halogens is 1. The van der Waals surface area contributed by atoms with E-state index >= 15 is 0 Å². The van der Waals surface area contributed by atoms with Crippen molar-refractivity contribution in [2.45, 2.75) is 51.0 Å². The quantitative estimate of drug-likeness (QED) is 0.797. The van der Waals surface area contributed by atoms with Gasteiger partial charge in [0.25, 0.3) is 5.91 Å². The van der Waals surface area contributed by atoms with E-state index < -0.39 is 11.7 Å². The van der Waals surface area contributed by atoms with Gasteiger partial charge in [0.1, 0.15) is 5.82 Å². The van der Waals surface area contributed by atoms with E-state index in [-0.39, 0.29) is 24.4 Å². The maximum Gasteiger partial charge on any atom is 0.254 e. The number of likely N-dealkylation sites (tertiary alicyclic amines) is 2. The third-order valence-electron chi connectivity index (χ3n) is 5.67. The van der Waals surface area contributed by atoms with Crippen LogP contribution in [0.4, 0.5) is 4.39 Å². The highest BCUT2D eigenvalue weighted by molar-refractivity contribution is 5.94. The molecular formula is C21H30FN3O2. The van der Waals surface area contributed by atoms with Crippen LogP contribution in [0.3, 0.4) is 0 Å². The Labute approximate surface area is 160 Å². The van der Waals surface area contributed by atoms with E-state index in [9.17, 15) is 14.0 Å². The highest BCUT2D eigenvalue weighted by Gasteiger charge is 2.27. The van der Waals surface area contributed by atoms with E-state index in [2.05, 4.69) is 10.2 Å². The summed E-state index contributed by atoms with van der Waals surface area (Å²) in [5, 5.41) is 2.67. The second-order valence-electron chi connectivity index (χ2n) is 7.56. The lowest BCUT2D eigenvalue weighted by molar-refractivity contribution is -0.134. The highest BCUT2D eigenvalue weighted by Crippen LogP contribution is 2.21. The van der Waals surface area contributed by atoms with Crippen LogP contribution < -0.4 is 5.32 Å². The maximum atomic E-state index is 13.6. The third-order valence-corrected chi connectivity index (χ3v) is 5.67. The van der Waals surface area contributed by atoms with Crippen LogP contribution in [0.15, 0.2) is 24.3 Å². The molecule has 3 rings (SSSR count). The van der Waals surface area contributed by atoms with Gasteiger partial charge in [0.2, 0.25) is 5.91 Å². The number of amides is 2. The van der Waals surface area contributed by atoms with Gasteiger partial charge in [0.05, 0.1) is 5.56 Å². The number of carbonyl (C=O) groups excluding carboxylic acids is 2. The lowest BCUT2D eigenvalue weighted by atomic mass is 9.98. The van der Waals surface area contributed by atoms with Crippen molar-refractivity contribution in [1.82, 2.24) is 15.1 Å². The molecule has 1 unspecified atom stereocenters. The van der Waals surface area contributed by atoms with Gasteiger partial charge in [-0.1, -0.05) is 12.1 Å². The fraction of sp³-hybridized carbons (Fsp3) is 0.619. The number of nitrogens with one attached hydrogen (secondary N) is 1. The standard InChI is InChI=1S/C21H30FN3O2/c22-19-9-2-1-8-18(19)21(27)23-12-10-20(26)25-15-4-3-7-17(25)11-16-24-13-5-6-14-24/h1-2,8-9,17H,3-7,10-16H2,(H,23,27). The van der Waals surface area contributed by atoms with Crippen molar-refractivity contribution in [2.75, 3.05) is 32.7 Å². The van der Waals surface area contributed by atoms with Crippen LogP contribution in [-0.4, -0.2) is 60.4 Å². The molecule has 0 aliphatic carbocycles. The number of piperidine rings is 1. The molecule has 6 heteroatoms. The topological polar surface area (TPSA) is 52.7 Å². The second kappa shape index (κ2) is 9.83. The first-order chi connectivity index (χ1) is 13.1. The van der Waals surface area contributed by atoms with Gasteiger partial charge in [-0.3, -0.25) is 9.59 Å². The smallest absolute Gasteiger partial charge is 0.254 e. The summed E-state index contributed by atoms with van der Waals surface area (Å²) in [7, 11) is 0. The molecule has 0 aromatic heterocycles. The Morgan fingerprint density at radius 3 is 2.59 bits per heavy atom. The summed E-state index contributed by atoms with van der Waals surface area (Å²) in [5.74, 6) is -0.917. The fourth-order valence-electron chi connectivity index (χ4n) is 4.13. The van der Waals surface area contributed by atoms with Crippen molar-refractivity contribution >= 4 is 11.8 Å². The van der Waals surface area contributed by atoms with E-state index in [1.165, 1.54) is 44.5 Å². The van der Waals surface area contributed by atoms with Crippen molar-refractivity contribution in [3.8, 4) is 0 Å². The molecule has 1 N–H and O–H groups in total.